The number of rotatable bonds is 8. The van der Waals surface area contributed by atoms with Gasteiger partial charge in [0.2, 0.25) is 5.89 Å². The van der Waals surface area contributed by atoms with Crippen molar-refractivity contribution in [1.82, 2.24) is 20.3 Å². The van der Waals surface area contributed by atoms with Crippen LogP contribution in [0.25, 0.3) is 11.5 Å². The van der Waals surface area contributed by atoms with E-state index in [4.69, 9.17) is 13.7 Å². The molecule has 0 aliphatic heterocycles. The molecule has 26 heavy (non-hydrogen) atoms. The van der Waals surface area contributed by atoms with Gasteiger partial charge in [0.15, 0.2) is 5.82 Å². The molecule has 2 aromatic heterocycles. The second-order valence-corrected chi connectivity index (χ2v) is 6.29. The standard InChI is InChI=1S/C18H23N5O3/c1-5-10-24-14-9-7-6-8-13(14)17-20-21-18(25-17)23(4)11-15-19-16(12(2)3)26-22-15/h6-9,12H,5,10-11H2,1-4H3. The Balaban J connectivity index is 1.75. The van der Waals surface area contributed by atoms with E-state index < -0.39 is 0 Å². The van der Waals surface area contributed by atoms with Crippen LogP contribution >= 0.6 is 0 Å². The predicted molar refractivity (Wildman–Crippen MR) is 96.0 cm³/mol. The van der Waals surface area contributed by atoms with Gasteiger partial charge in [-0.15, -0.1) is 5.10 Å². The first-order chi connectivity index (χ1) is 12.6. The molecule has 8 heteroatoms. The highest BCUT2D eigenvalue weighted by Crippen LogP contribution is 2.30. The Bertz CT molecular complexity index is 843. The van der Waals surface area contributed by atoms with Gasteiger partial charge in [0.1, 0.15) is 5.75 Å². The molecule has 0 atom stereocenters. The third kappa shape index (κ3) is 4.01. The second-order valence-electron chi connectivity index (χ2n) is 6.29. The molecule has 0 saturated carbocycles. The molecule has 0 aliphatic rings. The van der Waals surface area contributed by atoms with Crippen LogP contribution in [0.3, 0.4) is 0 Å². The molecule has 0 spiro atoms. The van der Waals surface area contributed by atoms with Gasteiger partial charge < -0.3 is 18.6 Å². The lowest BCUT2D eigenvalue weighted by Gasteiger charge is -2.10. The Morgan fingerprint density at radius 2 is 2.00 bits per heavy atom. The average Bonchev–Trinajstić information content (AvgIpc) is 3.30. The third-order valence-corrected chi connectivity index (χ3v) is 3.68. The second kappa shape index (κ2) is 7.99. The number of hydrogen-bond donors (Lipinski definition) is 0. The SMILES string of the molecule is CCCOc1ccccc1-c1nnc(N(C)Cc2noc(C(C)C)n2)o1. The van der Waals surface area contributed by atoms with E-state index in [9.17, 15) is 0 Å². The van der Waals surface area contributed by atoms with Crippen molar-refractivity contribution in [2.75, 3.05) is 18.6 Å². The first kappa shape index (κ1) is 17.9. The van der Waals surface area contributed by atoms with E-state index in [1.165, 1.54) is 0 Å². The lowest BCUT2D eigenvalue weighted by atomic mass is 10.2. The van der Waals surface area contributed by atoms with Crippen LogP contribution in [0.15, 0.2) is 33.2 Å². The van der Waals surface area contributed by atoms with Crippen molar-refractivity contribution in [2.24, 2.45) is 0 Å². The number of ether oxygens (including phenoxy) is 1. The zero-order valence-electron chi connectivity index (χ0n) is 15.5. The van der Waals surface area contributed by atoms with Crippen molar-refractivity contribution in [3.05, 3.63) is 36.0 Å². The van der Waals surface area contributed by atoms with E-state index in [2.05, 4.69) is 27.3 Å². The Morgan fingerprint density at radius 3 is 2.73 bits per heavy atom. The Morgan fingerprint density at radius 1 is 1.19 bits per heavy atom. The highest BCUT2D eigenvalue weighted by atomic mass is 16.5. The summed E-state index contributed by atoms with van der Waals surface area (Å²) in [5, 5.41) is 12.2. The van der Waals surface area contributed by atoms with Gasteiger partial charge in [-0.05, 0) is 18.6 Å². The third-order valence-electron chi connectivity index (χ3n) is 3.68. The summed E-state index contributed by atoms with van der Waals surface area (Å²) in [5.41, 5.74) is 0.773. The zero-order valence-corrected chi connectivity index (χ0v) is 15.5. The van der Waals surface area contributed by atoms with Crippen molar-refractivity contribution in [2.45, 2.75) is 39.7 Å². The summed E-state index contributed by atoms with van der Waals surface area (Å²) < 4.78 is 16.8. The van der Waals surface area contributed by atoms with Crippen LogP contribution in [-0.4, -0.2) is 34.0 Å². The molecule has 1 aromatic carbocycles. The molecule has 0 unspecified atom stereocenters. The summed E-state index contributed by atoms with van der Waals surface area (Å²) in [6.45, 7) is 7.11. The van der Waals surface area contributed by atoms with Gasteiger partial charge in [-0.2, -0.15) is 4.98 Å². The first-order valence-corrected chi connectivity index (χ1v) is 8.67. The molecule has 0 N–H and O–H groups in total. The number of aromatic nitrogens is 4. The molecule has 0 aliphatic carbocycles. The maximum absolute atomic E-state index is 5.82. The Hall–Kier alpha value is -2.90. The number of anilines is 1. The van der Waals surface area contributed by atoms with Crippen LogP contribution in [0.2, 0.25) is 0 Å². The minimum atomic E-state index is 0.191. The molecule has 0 amide bonds. The fraction of sp³-hybridized carbons (Fsp3) is 0.444. The normalized spacial score (nSPS) is 11.1. The van der Waals surface area contributed by atoms with Crippen molar-refractivity contribution in [1.29, 1.82) is 0 Å². The Labute approximate surface area is 152 Å². The molecule has 3 aromatic rings. The number of benzene rings is 1. The summed E-state index contributed by atoms with van der Waals surface area (Å²) in [6.07, 6.45) is 0.926. The molecular weight excluding hydrogens is 334 g/mol. The minimum absolute atomic E-state index is 0.191. The van der Waals surface area contributed by atoms with Gasteiger partial charge in [-0.25, -0.2) is 0 Å². The largest absolute Gasteiger partial charge is 0.493 e. The molecule has 0 fully saturated rings. The van der Waals surface area contributed by atoms with Crippen molar-refractivity contribution >= 4 is 6.01 Å². The average molecular weight is 357 g/mol. The van der Waals surface area contributed by atoms with Crippen molar-refractivity contribution < 1.29 is 13.7 Å². The van der Waals surface area contributed by atoms with Gasteiger partial charge in [0, 0.05) is 13.0 Å². The van der Waals surface area contributed by atoms with Gasteiger partial charge in [-0.1, -0.05) is 43.2 Å². The number of para-hydroxylation sites is 1. The predicted octanol–water partition coefficient (Wildman–Crippen LogP) is 3.67. The smallest absolute Gasteiger partial charge is 0.318 e. The summed E-state index contributed by atoms with van der Waals surface area (Å²) in [4.78, 5) is 6.14. The van der Waals surface area contributed by atoms with Crippen molar-refractivity contribution in [3.63, 3.8) is 0 Å². The molecule has 0 radical (unpaired) electrons. The molecule has 0 bridgehead atoms. The topological polar surface area (TPSA) is 90.3 Å². The molecular formula is C18H23N5O3. The monoisotopic (exact) mass is 357 g/mol. The van der Waals surface area contributed by atoms with Gasteiger partial charge >= 0.3 is 6.01 Å². The van der Waals surface area contributed by atoms with E-state index in [-0.39, 0.29) is 5.92 Å². The molecule has 2 heterocycles. The van der Waals surface area contributed by atoms with Crippen LogP contribution in [-0.2, 0) is 6.54 Å². The van der Waals surface area contributed by atoms with Crippen LogP contribution in [0.5, 0.6) is 5.75 Å². The molecule has 138 valence electrons. The van der Waals surface area contributed by atoms with Gasteiger partial charge in [0.05, 0.1) is 18.7 Å². The maximum atomic E-state index is 5.82. The Kier molecular flexibility index (Phi) is 5.50. The van der Waals surface area contributed by atoms with Crippen molar-refractivity contribution in [3.8, 4) is 17.2 Å². The summed E-state index contributed by atoms with van der Waals surface area (Å²) in [6, 6.07) is 8.00. The van der Waals surface area contributed by atoms with E-state index in [1.807, 2.05) is 45.2 Å². The van der Waals surface area contributed by atoms with E-state index in [0.717, 1.165) is 17.7 Å². The highest BCUT2D eigenvalue weighted by Gasteiger charge is 2.18. The zero-order chi connectivity index (χ0) is 18.5. The summed E-state index contributed by atoms with van der Waals surface area (Å²) in [5.74, 6) is 2.52. The summed E-state index contributed by atoms with van der Waals surface area (Å²) in [7, 11) is 1.84. The number of hydrogen-bond acceptors (Lipinski definition) is 8. The number of nitrogens with zero attached hydrogens (tertiary/aromatic N) is 5. The summed E-state index contributed by atoms with van der Waals surface area (Å²) >= 11 is 0. The van der Waals surface area contributed by atoms with E-state index in [1.54, 1.807) is 4.90 Å². The lowest BCUT2D eigenvalue weighted by Crippen LogP contribution is -2.17. The highest BCUT2D eigenvalue weighted by molar-refractivity contribution is 5.62. The minimum Gasteiger partial charge on any atom is -0.493 e. The van der Waals surface area contributed by atoms with Crippen LogP contribution in [0.4, 0.5) is 6.01 Å². The van der Waals surface area contributed by atoms with Gasteiger partial charge in [-0.3, -0.25) is 0 Å². The van der Waals surface area contributed by atoms with E-state index >= 15 is 0 Å². The molecule has 3 rings (SSSR count). The van der Waals surface area contributed by atoms with E-state index in [0.29, 0.717) is 36.8 Å². The fourth-order valence-corrected chi connectivity index (χ4v) is 2.31. The van der Waals surface area contributed by atoms with Crippen LogP contribution in [0, 0.1) is 0 Å². The maximum Gasteiger partial charge on any atom is 0.318 e. The first-order valence-electron chi connectivity index (χ1n) is 8.67. The quantitative estimate of drug-likeness (QED) is 0.603. The fourth-order valence-electron chi connectivity index (χ4n) is 2.31. The van der Waals surface area contributed by atoms with Crippen LogP contribution < -0.4 is 9.64 Å². The molecule has 8 nitrogen and oxygen atoms in total. The lowest BCUT2D eigenvalue weighted by molar-refractivity contribution is 0.318. The van der Waals surface area contributed by atoms with Crippen LogP contribution in [0.1, 0.15) is 44.8 Å². The van der Waals surface area contributed by atoms with Gasteiger partial charge in [0.25, 0.3) is 5.89 Å². The molecule has 0 saturated heterocycles.